The molecule has 3 heteroatoms. The van der Waals surface area contributed by atoms with Gasteiger partial charge in [0.15, 0.2) is 0 Å². The molecule has 0 amide bonds. The summed E-state index contributed by atoms with van der Waals surface area (Å²) < 4.78 is 0. The van der Waals surface area contributed by atoms with E-state index in [9.17, 15) is 15.3 Å². The number of hydrogen-bond donors (Lipinski definition) is 3. The van der Waals surface area contributed by atoms with Gasteiger partial charge in [0.1, 0.15) is 17.2 Å². The second-order valence-corrected chi connectivity index (χ2v) is 4.00. The summed E-state index contributed by atoms with van der Waals surface area (Å²) in [6.45, 7) is 0. The van der Waals surface area contributed by atoms with Crippen molar-refractivity contribution in [2.45, 2.75) is 0 Å². The zero-order valence-corrected chi connectivity index (χ0v) is 8.88. The molecule has 0 aliphatic heterocycles. The van der Waals surface area contributed by atoms with E-state index in [-0.39, 0.29) is 17.2 Å². The first-order chi connectivity index (χ1) is 8.16. The van der Waals surface area contributed by atoms with Gasteiger partial charge in [-0.15, -0.1) is 0 Å². The number of benzene rings is 3. The Hall–Kier alpha value is -2.42. The number of fused-ring (bicyclic) bond motifs is 3. The van der Waals surface area contributed by atoms with E-state index in [1.54, 1.807) is 42.5 Å². The van der Waals surface area contributed by atoms with Crippen LogP contribution >= 0.6 is 0 Å². The molecule has 0 aliphatic carbocycles. The summed E-state index contributed by atoms with van der Waals surface area (Å²) in [5.41, 5.74) is 0. The van der Waals surface area contributed by atoms with E-state index in [1.807, 2.05) is 0 Å². The van der Waals surface area contributed by atoms with Gasteiger partial charge in [0.2, 0.25) is 0 Å². The Bertz CT molecular complexity index is 732. The Balaban J connectivity index is 2.65. The Kier molecular flexibility index (Phi) is 1.89. The van der Waals surface area contributed by atoms with Gasteiger partial charge < -0.3 is 15.3 Å². The topological polar surface area (TPSA) is 60.7 Å². The van der Waals surface area contributed by atoms with Crippen LogP contribution in [0.2, 0.25) is 0 Å². The molecule has 0 spiro atoms. The van der Waals surface area contributed by atoms with Gasteiger partial charge in [-0.25, -0.2) is 0 Å². The van der Waals surface area contributed by atoms with E-state index in [0.29, 0.717) is 10.8 Å². The lowest BCUT2D eigenvalue weighted by Crippen LogP contribution is -1.80. The quantitative estimate of drug-likeness (QED) is 0.516. The van der Waals surface area contributed by atoms with Gasteiger partial charge in [0.25, 0.3) is 0 Å². The van der Waals surface area contributed by atoms with Crippen molar-refractivity contribution in [3.8, 4) is 17.2 Å². The highest BCUT2D eigenvalue weighted by molar-refractivity contribution is 6.13. The maximum atomic E-state index is 9.89. The monoisotopic (exact) mass is 226 g/mol. The molecule has 0 atom stereocenters. The maximum absolute atomic E-state index is 9.89. The third-order valence-corrected chi connectivity index (χ3v) is 2.92. The highest BCUT2D eigenvalue weighted by Crippen LogP contribution is 2.38. The van der Waals surface area contributed by atoms with Crippen LogP contribution in [0.5, 0.6) is 17.2 Å². The summed E-state index contributed by atoms with van der Waals surface area (Å²) in [4.78, 5) is 0. The fraction of sp³-hybridized carbons (Fsp3) is 0. The SMILES string of the molecule is Oc1ccc2cc(O)c3cccc(O)c3c2c1. The van der Waals surface area contributed by atoms with Crippen molar-refractivity contribution in [3.63, 3.8) is 0 Å². The van der Waals surface area contributed by atoms with Crippen molar-refractivity contribution >= 4 is 21.5 Å². The van der Waals surface area contributed by atoms with Crippen molar-refractivity contribution in [1.82, 2.24) is 0 Å². The van der Waals surface area contributed by atoms with Crippen molar-refractivity contribution in [2.75, 3.05) is 0 Å². The molecule has 0 unspecified atom stereocenters. The Labute approximate surface area is 97.2 Å². The largest absolute Gasteiger partial charge is 0.508 e. The molecule has 0 bridgehead atoms. The number of rotatable bonds is 0. The second kappa shape index (κ2) is 3.28. The van der Waals surface area contributed by atoms with Gasteiger partial charge in [0, 0.05) is 10.8 Å². The van der Waals surface area contributed by atoms with E-state index < -0.39 is 0 Å². The molecule has 17 heavy (non-hydrogen) atoms. The summed E-state index contributed by atoms with van der Waals surface area (Å²) in [7, 11) is 0. The molecule has 3 N–H and O–H groups in total. The summed E-state index contributed by atoms with van der Waals surface area (Å²) in [6, 6.07) is 11.4. The lowest BCUT2D eigenvalue weighted by Gasteiger charge is -2.08. The fourth-order valence-corrected chi connectivity index (χ4v) is 2.15. The van der Waals surface area contributed by atoms with Crippen molar-refractivity contribution in [2.24, 2.45) is 0 Å². The average Bonchev–Trinajstić information content (AvgIpc) is 2.30. The number of hydrogen-bond acceptors (Lipinski definition) is 3. The van der Waals surface area contributed by atoms with Gasteiger partial charge in [-0.05, 0) is 35.0 Å². The predicted octanol–water partition coefficient (Wildman–Crippen LogP) is 3.11. The van der Waals surface area contributed by atoms with Gasteiger partial charge in [-0.1, -0.05) is 18.2 Å². The standard InChI is InChI=1S/C14H10O3/c15-9-5-4-8-6-13(17)10-2-1-3-12(16)14(10)11(8)7-9/h1-7,15-17H. The van der Waals surface area contributed by atoms with E-state index in [0.717, 1.165) is 10.8 Å². The van der Waals surface area contributed by atoms with Crippen LogP contribution in [0.3, 0.4) is 0 Å². The zero-order valence-electron chi connectivity index (χ0n) is 8.88. The first-order valence-electron chi connectivity index (χ1n) is 5.23. The number of aromatic hydroxyl groups is 3. The lowest BCUT2D eigenvalue weighted by atomic mass is 10.00. The van der Waals surface area contributed by atoms with Crippen LogP contribution in [0.15, 0.2) is 42.5 Å². The Morgan fingerprint density at radius 3 is 2.35 bits per heavy atom. The minimum Gasteiger partial charge on any atom is -0.508 e. The molecule has 0 aliphatic rings. The molecule has 0 radical (unpaired) electrons. The molecular formula is C14H10O3. The van der Waals surface area contributed by atoms with Crippen molar-refractivity contribution in [1.29, 1.82) is 0 Å². The third kappa shape index (κ3) is 1.36. The summed E-state index contributed by atoms with van der Waals surface area (Å²) >= 11 is 0. The van der Waals surface area contributed by atoms with Crippen LogP contribution in [0.25, 0.3) is 21.5 Å². The third-order valence-electron chi connectivity index (χ3n) is 2.92. The molecule has 0 saturated carbocycles. The molecule has 0 aromatic heterocycles. The Morgan fingerprint density at radius 2 is 1.53 bits per heavy atom. The van der Waals surface area contributed by atoms with Crippen LogP contribution < -0.4 is 0 Å². The van der Waals surface area contributed by atoms with Crippen LogP contribution in [0.4, 0.5) is 0 Å². The van der Waals surface area contributed by atoms with Crippen LogP contribution in [-0.4, -0.2) is 15.3 Å². The van der Waals surface area contributed by atoms with Gasteiger partial charge in [0.05, 0.1) is 0 Å². The van der Waals surface area contributed by atoms with E-state index in [2.05, 4.69) is 0 Å². The highest BCUT2D eigenvalue weighted by atomic mass is 16.3. The minimum absolute atomic E-state index is 0.0917. The Morgan fingerprint density at radius 1 is 0.706 bits per heavy atom. The minimum atomic E-state index is 0.0917. The maximum Gasteiger partial charge on any atom is 0.124 e. The van der Waals surface area contributed by atoms with E-state index >= 15 is 0 Å². The summed E-state index contributed by atoms with van der Waals surface area (Å²) in [5.74, 6) is 0.343. The van der Waals surface area contributed by atoms with Crippen molar-refractivity contribution < 1.29 is 15.3 Å². The number of phenols is 3. The molecule has 3 aromatic carbocycles. The summed E-state index contributed by atoms with van der Waals surface area (Å²) in [5, 5.41) is 31.9. The van der Waals surface area contributed by atoms with Crippen LogP contribution in [0, 0.1) is 0 Å². The fourth-order valence-electron chi connectivity index (χ4n) is 2.15. The zero-order chi connectivity index (χ0) is 12.0. The molecule has 0 fully saturated rings. The average molecular weight is 226 g/mol. The smallest absolute Gasteiger partial charge is 0.124 e. The number of phenolic OH excluding ortho intramolecular Hbond substituents is 3. The molecular weight excluding hydrogens is 216 g/mol. The van der Waals surface area contributed by atoms with E-state index in [4.69, 9.17) is 0 Å². The lowest BCUT2D eigenvalue weighted by molar-refractivity contribution is 0.474. The van der Waals surface area contributed by atoms with E-state index in [1.165, 1.54) is 0 Å². The predicted molar refractivity (Wildman–Crippen MR) is 66.4 cm³/mol. The van der Waals surface area contributed by atoms with Gasteiger partial charge >= 0.3 is 0 Å². The first kappa shape index (κ1) is 9.78. The van der Waals surface area contributed by atoms with Crippen molar-refractivity contribution in [3.05, 3.63) is 42.5 Å². The van der Waals surface area contributed by atoms with Gasteiger partial charge in [-0.2, -0.15) is 0 Å². The molecule has 84 valence electrons. The summed E-state index contributed by atoms with van der Waals surface area (Å²) in [6.07, 6.45) is 0. The molecule has 3 nitrogen and oxygen atoms in total. The first-order valence-corrected chi connectivity index (χ1v) is 5.23. The molecule has 0 saturated heterocycles. The second-order valence-electron chi connectivity index (χ2n) is 4.00. The normalized spacial score (nSPS) is 11.1. The van der Waals surface area contributed by atoms with Gasteiger partial charge in [-0.3, -0.25) is 0 Å². The van der Waals surface area contributed by atoms with Crippen LogP contribution in [-0.2, 0) is 0 Å². The highest BCUT2D eigenvalue weighted by Gasteiger charge is 2.09. The molecule has 0 heterocycles. The molecule has 3 rings (SSSR count). The molecule has 3 aromatic rings. The van der Waals surface area contributed by atoms with Crippen LogP contribution in [0.1, 0.15) is 0 Å².